The molecule has 2 aliphatic carbocycles. The quantitative estimate of drug-likeness (QED) is 0.547. The van der Waals surface area contributed by atoms with Gasteiger partial charge in [-0.2, -0.15) is 0 Å². The Balaban J connectivity index is 0.000000345. The van der Waals surface area contributed by atoms with Crippen molar-refractivity contribution in [2.75, 3.05) is 26.2 Å². The molecule has 4 rings (SSSR count). The second-order valence-corrected chi connectivity index (χ2v) is 8.79. The Morgan fingerprint density at radius 3 is 2.87 bits per heavy atom. The third-order valence-electron chi connectivity index (χ3n) is 6.75. The SMILES string of the molecule is C.NCCCN1CCC(CCC23C=CC=CC2C3)CC1.O=CCC1=CCC=NC=C1.[HH]. The Morgan fingerprint density at radius 2 is 2.13 bits per heavy atom. The molecule has 2 unspecified atom stereocenters. The van der Waals surface area contributed by atoms with Crippen molar-refractivity contribution in [2.45, 2.75) is 58.8 Å². The molecule has 2 atom stereocenters. The van der Waals surface area contributed by atoms with E-state index >= 15 is 0 Å². The maximum atomic E-state index is 10.1. The molecule has 2 heterocycles. The largest absolute Gasteiger partial charge is 0.330 e. The lowest BCUT2D eigenvalue weighted by atomic mass is 9.85. The highest BCUT2D eigenvalue weighted by atomic mass is 16.1. The summed E-state index contributed by atoms with van der Waals surface area (Å²) < 4.78 is 0. The number of allylic oxidation sites excluding steroid dienone is 7. The standard InChI is InChI=1S/C17H28N2.C8H9NO.CH4.H2/c18-10-3-11-19-12-6-15(7-13-19)5-9-17-8-2-1-4-16(17)14-17;10-7-4-8-2-1-5-9-6-3-8;;/h1-2,4,8,15-16H,3,5-7,9-14,18H2;2-3,5-7H,1,4H2;1H4;1H. The molecule has 0 amide bonds. The number of piperidine rings is 1. The molecule has 2 fully saturated rings. The minimum Gasteiger partial charge on any atom is -0.330 e. The number of aliphatic imine (C=N–C) groups is 1. The van der Waals surface area contributed by atoms with Gasteiger partial charge in [0, 0.05) is 26.7 Å². The number of nitrogens with two attached hydrogens (primary N) is 1. The summed E-state index contributed by atoms with van der Waals surface area (Å²) in [4.78, 5) is 16.6. The first-order chi connectivity index (χ1) is 14.3. The monoisotopic (exact) mass is 413 g/mol. The summed E-state index contributed by atoms with van der Waals surface area (Å²) in [6.07, 6.45) is 27.3. The molecule has 1 saturated carbocycles. The summed E-state index contributed by atoms with van der Waals surface area (Å²) in [5, 5.41) is 0. The van der Waals surface area contributed by atoms with Crippen LogP contribution in [-0.4, -0.2) is 43.6 Å². The number of hydrogen-bond donors (Lipinski definition) is 1. The smallest absolute Gasteiger partial charge is 0.124 e. The zero-order valence-corrected chi connectivity index (χ0v) is 17.7. The number of rotatable bonds is 8. The van der Waals surface area contributed by atoms with E-state index in [1.807, 2.05) is 18.4 Å². The van der Waals surface area contributed by atoms with Crippen molar-refractivity contribution < 1.29 is 6.22 Å². The van der Waals surface area contributed by atoms with Crippen LogP contribution in [0.25, 0.3) is 0 Å². The van der Waals surface area contributed by atoms with E-state index in [1.165, 1.54) is 51.7 Å². The van der Waals surface area contributed by atoms with Gasteiger partial charge in [-0.05, 0) is 93.6 Å². The number of hydrogen-bond acceptors (Lipinski definition) is 4. The second-order valence-electron chi connectivity index (χ2n) is 8.79. The molecule has 0 aromatic heterocycles. The van der Waals surface area contributed by atoms with Gasteiger partial charge >= 0.3 is 0 Å². The highest BCUT2D eigenvalue weighted by Gasteiger charge is 2.50. The van der Waals surface area contributed by atoms with Gasteiger partial charge in [-0.1, -0.05) is 37.8 Å². The average Bonchev–Trinajstić information content (AvgIpc) is 3.53. The highest BCUT2D eigenvalue weighted by Crippen LogP contribution is 2.59. The number of nitrogens with zero attached hydrogens (tertiary/aromatic N) is 2. The summed E-state index contributed by atoms with van der Waals surface area (Å²) >= 11 is 0. The second kappa shape index (κ2) is 12.8. The molecule has 0 bridgehead atoms. The molecule has 0 aromatic rings. The molecule has 1 saturated heterocycles. The Bertz CT molecular complexity index is 674. The molecule has 0 aromatic carbocycles. The molecule has 168 valence electrons. The summed E-state index contributed by atoms with van der Waals surface area (Å²) in [6, 6.07) is 0. The van der Waals surface area contributed by atoms with Crippen LogP contribution in [0.2, 0.25) is 0 Å². The molecule has 4 nitrogen and oxygen atoms in total. The fourth-order valence-electron chi connectivity index (χ4n) is 4.68. The highest BCUT2D eigenvalue weighted by molar-refractivity contribution is 5.64. The number of carbonyl (C=O) groups is 1. The van der Waals surface area contributed by atoms with E-state index in [0.717, 1.165) is 43.1 Å². The van der Waals surface area contributed by atoms with Crippen LogP contribution in [0.3, 0.4) is 0 Å². The number of likely N-dealkylation sites (tertiary alicyclic amines) is 1. The van der Waals surface area contributed by atoms with Crippen molar-refractivity contribution in [1.82, 2.24) is 4.90 Å². The number of aldehydes is 1. The summed E-state index contributed by atoms with van der Waals surface area (Å²) in [6.45, 7) is 4.65. The van der Waals surface area contributed by atoms with Crippen molar-refractivity contribution in [3.8, 4) is 0 Å². The topological polar surface area (TPSA) is 58.7 Å². The minimum atomic E-state index is 0. The molecule has 4 aliphatic rings. The van der Waals surface area contributed by atoms with E-state index in [9.17, 15) is 4.79 Å². The van der Waals surface area contributed by atoms with E-state index in [0.29, 0.717) is 11.8 Å². The fourth-order valence-corrected chi connectivity index (χ4v) is 4.68. The van der Waals surface area contributed by atoms with Crippen LogP contribution in [0.5, 0.6) is 0 Å². The van der Waals surface area contributed by atoms with Gasteiger partial charge in [0.05, 0.1) is 0 Å². The maximum Gasteiger partial charge on any atom is 0.124 e. The van der Waals surface area contributed by atoms with Crippen LogP contribution in [0, 0.1) is 17.3 Å². The van der Waals surface area contributed by atoms with Crippen molar-refractivity contribution in [1.29, 1.82) is 0 Å². The Morgan fingerprint density at radius 1 is 1.30 bits per heavy atom. The van der Waals surface area contributed by atoms with Crippen LogP contribution >= 0.6 is 0 Å². The van der Waals surface area contributed by atoms with Crippen LogP contribution in [0.1, 0.15) is 60.2 Å². The van der Waals surface area contributed by atoms with Crippen molar-refractivity contribution in [2.24, 2.45) is 28.0 Å². The molecule has 0 spiro atoms. The van der Waals surface area contributed by atoms with E-state index in [1.54, 1.807) is 6.20 Å². The summed E-state index contributed by atoms with van der Waals surface area (Å²) in [7, 11) is 0. The van der Waals surface area contributed by atoms with Gasteiger partial charge in [-0.3, -0.25) is 4.99 Å². The van der Waals surface area contributed by atoms with Gasteiger partial charge in [0.25, 0.3) is 0 Å². The fraction of sp³-hybridized carbons (Fsp3) is 0.615. The molecule has 4 heteroatoms. The number of carbonyl (C=O) groups excluding carboxylic acids is 1. The Hall–Kier alpha value is -1.78. The van der Waals surface area contributed by atoms with Gasteiger partial charge in [0.1, 0.15) is 6.29 Å². The average molecular weight is 414 g/mol. The van der Waals surface area contributed by atoms with Gasteiger partial charge in [0.15, 0.2) is 0 Å². The van der Waals surface area contributed by atoms with E-state index in [-0.39, 0.29) is 8.85 Å². The molecule has 2 aliphatic heterocycles. The molecule has 0 radical (unpaired) electrons. The maximum absolute atomic E-state index is 10.1. The van der Waals surface area contributed by atoms with Crippen molar-refractivity contribution >= 4 is 12.5 Å². The minimum absolute atomic E-state index is 0. The van der Waals surface area contributed by atoms with E-state index < -0.39 is 0 Å². The van der Waals surface area contributed by atoms with Gasteiger partial charge in [0.2, 0.25) is 0 Å². The van der Waals surface area contributed by atoms with Crippen LogP contribution in [0.15, 0.2) is 53.2 Å². The van der Waals surface area contributed by atoms with Crippen LogP contribution in [-0.2, 0) is 4.79 Å². The Kier molecular flexibility index (Phi) is 10.5. The predicted octanol–water partition coefficient (Wildman–Crippen LogP) is 5.33. The lowest BCUT2D eigenvalue weighted by molar-refractivity contribution is -0.107. The molecule has 30 heavy (non-hydrogen) atoms. The first-order valence-corrected chi connectivity index (χ1v) is 11.3. The van der Waals surface area contributed by atoms with Crippen molar-refractivity contribution in [3.05, 3.63) is 48.2 Å². The lowest BCUT2D eigenvalue weighted by Gasteiger charge is -2.32. The van der Waals surface area contributed by atoms with Crippen molar-refractivity contribution in [3.63, 3.8) is 0 Å². The summed E-state index contributed by atoms with van der Waals surface area (Å²) in [5.41, 5.74) is 7.22. The predicted molar refractivity (Wildman–Crippen MR) is 131 cm³/mol. The third kappa shape index (κ3) is 7.48. The first-order valence-electron chi connectivity index (χ1n) is 11.3. The zero-order valence-electron chi connectivity index (χ0n) is 17.7. The van der Waals surface area contributed by atoms with Gasteiger partial charge in [-0.15, -0.1) is 0 Å². The first kappa shape index (κ1) is 24.5. The Labute approximate surface area is 185 Å². The summed E-state index contributed by atoms with van der Waals surface area (Å²) in [5.74, 6) is 1.85. The third-order valence-corrected chi connectivity index (χ3v) is 6.75. The van der Waals surface area contributed by atoms with E-state index in [4.69, 9.17) is 5.73 Å². The zero-order chi connectivity index (χ0) is 20.4. The normalized spacial score (nSPS) is 27.2. The van der Waals surface area contributed by atoms with Crippen LogP contribution in [0.4, 0.5) is 0 Å². The molecular weight excluding hydrogens is 370 g/mol. The molecular formula is C26H43N3O. The van der Waals surface area contributed by atoms with Gasteiger partial charge < -0.3 is 15.4 Å². The van der Waals surface area contributed by atoms with Gasteiger partial charge in [-0.25, -0.2) is 0 Å². The number of fused-ring (bicyclic) bond motifs is 1. The van der Waals surface area contributed by atoms with Crippen LogP contribution < -0.4 is 5.73 Å². The lowest BCUT2D eigenvalue weighted by Crippen LogP contribution is -2.35. The molecule has 2 N–H and O–H groups in total. The van der Waals surface area contributed by atoms with E-state index in [2.05, 4.69) is 34.2 Å².